The van der Waals surface area contributed by atoms with Crippen LogP contribution in [-0.2, 0) is 14.8 Å². The molecule has 1 amide bonds. The quantitative estimate of drug-likeness (QED) is 0.840. The maximum absolute atomic E-state index is 12.7. The lowest BCUT2D eigenvalue weighted by atomic mass is 10.1. The monoisotopic (exact) mass is 370 g/mol. The van der Waals surface area contributed by atoms with E-state index in [0.717, 1.165) is 19.3 Å². The first-order valence-corrected chi connectivity index (χ1v) is 9.88. The molecule has 9 heteroatoms. The first-order valence-electron chi connectivity index (χ1n) is 8.44. The minimum absolute atomic E-state index is 0.0201. The van der Waals surface area contributed by atoms with Gasteiger partial charge in [0.1, 0.15) is 10.7 Å². The van der Waals surface area contributed by atoms with Crippen molar-refractivity contribution in [1.29, 1.82) is 0 Å². The van der Waals surface area contributed by atoms with Crippen molar-refractivity contribution < 1.29 is 27.5 Å². The Balaban J connectivity index is 1.84. The van der Waals surface area contributed by atoms with Gasteiger partial charge in [0, 0.05) is 31.7 Å². The molecule has 0 radical (unpaired) electrons. The summed E-state index contributed by atoms with van der Waals surface area (Å²) >= 11 is 0. The summed E-state index contributed by atoms with van der Waals surface area (Å²) in [5, 5.41) is 8.97. The second-order valence-corrected chi connectivity index (χ2v) is 8.44. The average molecular weight is 370 g/mol. The number of carbonyl (C=O) groups excluding carboxylic acids is 1. The number of sulfonamides is 1. The summed E-state index contributed by atoms with van der Waals surface area (Å²) in [4.78, 5) is 25.1. The second-order valence-electron chi connectivity index (χ2n) is 6.53. The van der Waals surface area contributed by atoms with E-state index in [1.165, 1.54) is 22.2 Å². The zero-order valence-electron chi connectivity index (χ0n) is 14.1. The van der Waals surface area contributed by atoms with Crippen molar-refractivity contribution in [2.45, 2.75) is 50.0 Å². The molecule has 0 bridgehead atoms. The smallest absolute Gasteiger partial charge is 0.305 e. The number of amides is 1. The van der Waals surface area contributed by atoms with Crippen LogP contribution in [0.4, 0.5) is 0 Å². The van der Waals surface area contributed by atoms with Gasteiger partial charge in [0.15, 0.2) is 5.76 Å². The minimum Gasteiger partial charge on any atom is -0.481 e. The Morgan fingerprint density at radius 1 is 1.24 bits per heavy atom. The number of carbonyl (C=O) groups is 2. The van der Waals surface area contributed by atoms with E-state index < -0.39 is 21.9 Å². The van der Waals surface area contributed by atoms with E-state index in [2.05, 4.69) is 0 Å². The number of rotatable bonds is 5. The van der Waals surface area contributed by atoms with Crippen molar-refractivity contribution in [3.8, 4) is 0 Å². The number of carboxylic acid groups (broad SMARTS) is 1. The van der Waals surface area contributed by atoms with Crippen LogP contribution in [-0.4, -0.2) is 60.3 Å². The molecule has 2 saturated heterocycles. The van der Waals surface area contributed by atoms with Crippen LogP contribution in [0.25, 0.3) is 0 Å². The number of hydrogen-bond donors (Lipinski definition) is 1. The molecule has 2 aliphatic heterocycles. The van der Waals surface area contributed by atoms with Crippen LogP contribution in [0, 0.1) is 6.92 Å². The lowest BCUT2D eigenvalue weighted by molar-refractivity contribution is -0.137. The van der Waals surface area contributed by atoms with E-state index in [0.29, 0.717) is 26.1 Å². The fraction of sp³-hybridized carbons (Fsp3) is 0.625. The summed E-state index contributed by atoms with van der Waals surface area (Å²) in [6.45, 7) is 2.93. The molecule has 0 aromatic carbocycles. The van der Waals surface area contributed by atoms with E-state index in [1.54, 1.807) is 0 Å². The van der Waals surface area contributed by atoms with Crippen molar-refractivity contribution >= 4 is 21.9 Å². The van der Waals surface area contributed by atoms with Gasteiger partial charge in [0.2, 0.25) is 10.0 Å². The third-order valence-electron chi connectivity index (χ3n) is 4.81. The number of hydrogen-bond acceptors (Lipinski definition) is 5. The zero-order valence-corrected chi connectivity index (χ0v) is 14.9. The van der Waals surface area contributed by atoms with Gasteiger partial charge >= 0.3 is 5.97 Å². The largest absolute Gasteiger partial charge is 0.481 e. The third kappa shape index (κ3) is 3.43. The average Bonchev–Trinajstić information content (AvgIpc) is 3.26. The lowest BCUT2D eigenvalue weighted by Gasteiger charge is -2.22. The summed E-state index contributed by atoms with van der Waals surface area (Å²) in [7, 11) is -3.66. The van der Waals surface area contributed by atoms with Gasteiger partial charge in [-0.15, -0.1) is 0 Å². The van der Waals surface area contributed by atoms with Crippen LogP contribution in [0.3, 0.4) is 0 Å². The topological polar surface area (TPSA) is 108 Å². The van der Waals surface area contributed by atoms with E-state index in [9.17, 15) is 18.0 Å². The normalized spacial score (nSPS) is 21.8. The summed E-state index contributed by atoms with van der Waals surface area (Å²) in [6.07, 6.45) is 2.88. The molecule has 138 valence electrons. The standard InChI is InChI=1S/C16H22N2O6S/c1-11-14(25(22,23)17-6-2-3-7-17)10-13(24-11)16(21)18-8-4-5-12(18)9-15(19)20/h10,12H,2-9H2,1H3,(H,19,20). The molecule has 8 nitrogen and oxygen atoms in total. The van der Waals surface area contributed by atoms with Crippen LogP contribution in [0.15, 0.2) is 15.4 Å². The van der Waals surface area contributed by atoms with Gasteiger partial charge in [-0.3, -0.25) is 9.59 Å². The van der Waals surface area contributed by atoms with E-state index in [1.807, 2.05) is 0 Å². The van der Waals surface area contributed by atoms with E-state index in [-0.39, 0.29) is 28.9 Å². The van der Waals surface area contributed by atoms with Crippen molar-refractivity contribution in [3.63, 3.8) is 0 Å². The number of carboxylic acids is 1. The maximum atomic E-state index is 12.7. The van der Waals surface area contributed by atoms with Crippen molar-refractivity contribution in [2.24, 2.45) is 0 Å². The molecule has 0 aliphatic carbocycles. The molecular weight excluding hydrogens is 348 g/mol. The third-order valence-corrected chi connectivity index (χ3v) is 6.82. The molecule has 2 aliphatic rings. The highest BCUT2D eigenvalue weighted by molar-refractivity contribution is 7.89. The number of furan rings is 1. The van der Waals surface area contributed by atoms with E-state index in [4.69, 9.17) is 9.52 Å². The van der Waals surface area contributed by atoms with Crippen LogP contribution in [0.2, 0.25) is 0 Å². The summed E-state index contributed by atoms with van der Waals surface area (Å²) in [5.41, 5.74) is 0. The molecule has 1 aromatic heterocycles. The molecule has 3 heterocycles. The molecule has 0 saturated carbocycles. The Morgan fingerprint density at radius 3 is 2.56 bits per heavy atom. The Morgan fingerprint density at radius 2 is 1.92 bits per heavy atom. The Bertz CT molecular complexity index is 779. The zero-order chi connectivity index (χ0) is 18.2. The SMILES string of the molecule is Cc1oc(C(=O)N2CCCC2CC(=O)O)cc1S(=O)(=O)N1CCCC1. The molecule has 2 fully saturated rings. The predicted molar refractivity (Wildman–Crippen MR) is 87.7 cm³/mol. The molecule has 0 spiro atoms. The van der Waals surface area contributed by atoms with Gasteiger partial charge in [-0.25, -0.2) is 8.42 Å². The van der Waals surface area contributed by atoms with Gasteiger partial charge in [-0.05, 0) is 32.6 Å². The molecule has 25 heavy (non-hydrogen) atoms. The van der Waals surface area contributed by atoms with Gasteiger partial charge in [0.25, 0.3) is 5.91 Å². The van der Waals surface area contributed by atoms with Crippen molar-refractivity contribution in [3.05, 3.63) is 17.6 Å². The highest BCUT2D eigenvalue weighted by atomic mass is 32.2. The first kappa shape index (κ1) is 17.9. The van der Waals surface area contributed by atoms with Gasteiger partial charge in [-0.1, -0.05) is 0 Å². The lowest BCUT2D eigenvalue weighted by Crippen LogP contribution is -2.36. The number of likely N-dealkylation sites (tertiary alicyclic amines) is 1. The minimum atomic E-state index is -3.66. The molecular formula is C16H22N2O6S. The number of nitrogens with zero attached hydrogens (tertiary/aromatic N) is 2. The summed E-state index contributed by atoms with van der Waals surface area (Å²) in [5.74, 6) is -1.27. The highest BCUT2D eigenvalue weighted by Crippen LogP contribution is 2.29. The maximum Gasteiger partial charge on any atom is 0.305 e. The molecule has 1 atom stereocenters. The van der Waals surface area contributed by atoms with Crippen LogP contribution in [0.1, 0.15) is 48.4 Å². The fourth-order valence-corrected chi connectivity index (χ4v) is 5.23. The predicted octanol–water partition coefficient (Wildman–Crippen LogP) is 1.45. The van der Waals surface area contributed by atoms with Crippen molar-refractivity contribution in [2.75, 3.05) is 19.6 Å². The molecule has 3 rings (SSSR count). The second kappa shape index (κ2) is 6.80. The molecule has 1 unspecified atom stereocenters. The van der Waals surface area contributed by atoms with Gasteiger partial charge in [0.05, 0.1) is 6.42 Å². The number of aliphatic carboxylic acids is 1. The van der Waals surface area contributed by atoms with Crippen molar-refractivity contribution in [1.82, 2.24) is 9.21 Å². The van der Waals surface area contributed by atoms with Gasteiger partial charge < -0.3 is 14.4 Å². The summed E-state index contributed by atoms with van der Waals surface area (Å²) < 4.78 is 32.2. The number of aryl methyl sites for hydroxylation is 1. The summed E-state index contributed by atoms with van der Waals surface area (Å²) in [6, 6.07) is 0.899. The molecule has 1 aromatic rings. The molecule has 1 N–H and O–H groups in total. The van der Waals surface area contributed by atoms with E-state index >= 15 is 0 Å². The Hall–Kier alpha value is -1.87. The van der Waals surface area contributed by atoms with Crippen LogP contribution in [0.5, 0.6) is 0 Å². The highest BCUT2D eigenvalue weighted by Gasteiger charge is 2.35. The van der Waals surface area contributed by atoms with Crippen LogP contribution >= 0.6 is 0 Å². The Labute approximate surface area is 146 Å². The first-order chi connectivity index (χ1) is 11.8. The van der Waals surface area contributed by atoms with Gasteiger partial charge in [-0.2, -0.15) is 4.31 Å². The Kier molecular flexibility index (Phi) is 4.88. The fourth-order valence-electron chi connectivity index (χ4n) is 3.55. The van der Waals surface area contributed by atoms with Crippen LogP contribution < -0.4 is 0 Å².